The largest absolute Gasteiger partial charge is 0.318 e. The summed E-state index contributed by atoms with van der Waals surface area (Å²) in [6, 6.07) is 1.93. The summed E-state index contributed by atoms with van der Waals surface area (Å²) in [7, 11) is 0. The van der Waals surface area contributed by atoms with Crippen LogP contribution in [0, 0.1) is 6.92 Å². The number of aromatic nitrogens is 3. The van der Waals surface area contributed by atoms with Crippen molar-refractivity contribution in [1.29, 1.82) is 0 Å². The Balaban J connectivity index is 2.90. The molecule has 2 aromatic rings. The van der Waals surface area contributed by atoms with Crippen LogP contribution in [0.3, 0.4) is 0 Å². The number of nitrogens with zero attached hydrogens (tertiary/aromatic N) is 2. The van der Waals surface area contributed by atoms with Crippen molar-refractivity contribution in [3.8, 4) is 0 Å². The van der Waals surface area contributed by atoms with E-state index in [4.69, 9.17) is 0 Å². The van der Waals surface area contributed by atoms with E-state index >= 15 is 0 Å². The summed E-state index contributed by atoms with van der Waals surface area (Å²) in [5.74, 6) is 0. The molecule has 4 heteroatoms. The Morgan fingerprint density at radius 1 is 1.55 bits per heavy atom. The average Bonchev–Trinajstić information content (AvgIpc) is 2.31. The van der Waals surface area contributed by atoms with Crippen LogP contribution in [0.2, 0.25) is 0 Å². The van der Waals surface area contributed by atoms with Crippen molar-refractivity contribution in [2.24, 2.45) is 0 Å². The van der Waals surface area contributed by atoms with Crippen LogP contribution in [0.4, 0.5) is 0 Å². The van der Waals surface area contributed by atoms with E-state index in [0.717, 1.165) is 16.7 Å². The molecule has 0 unspecified atom stereocenters. The van der Waals surface area contributed by atoms with Crippen molar-refractivity contribution in [2.75, 3.05) is 0 Å². The van der Waals surface area contributed by atoms with Crippen LogP contribution < -0.4 is 0 Å². The average molecular weight is 165 g/mol. The molecule has 0 atom stereocenters. The third kappa shape index (κ3) is 0.991. The SMILES string of the molecule is Cc1ccnc2[nH]c(S)nc12. The highest BCUT2D eigenvalue weighted by atomic mass is 32.1. The van der Waals surface area contributed by atoms with Gasteiger partial charge in [-0.25, -0.2) is 9.97 Å². The number of pyridine rings is 1. The standard InChI is InChI=1S/C7H7N3S/c1-4-2-3-8-6-5(4)9-7(11)10-6/h2-3H,1H3,(H2,8,9,10,11). The molecule has 0 fully saturated rings. The Bertz CT molecular complexity index is 393. The van der Waals surface area contributed by atoms with E-state index < -0.39 is 0 Å². The summed E-state index contributed by atoms with van der Waals surface area (Å²) >= 11 is 4.08. The minimum absolute atomic E-state index is 0.613. The Morgan fingerprint density at radius 3 is 3.09 bits per heavy atom. The number of thiol groups is 1. The number of aromatic amines is 1. The van der Waals surface area contributed by atoms with E-state index in [0.29, 0.717) is 5.16 Å². The van der Waals surface area contributed by atoms with Crippen molar-refractivity contribution >= 4 is 23.8 Å². The van der Waals surface area contributed by atoms with Crippen LogP contribution in [-0.4, -0.2) is 15.0 Å². The van der Waals surface area contributed by atoms with Gasteiger partial charge < -0.3 is 4.98 Å². The first kappa shape index (κ1) is 6.67. The molecule has 11 heavy (non-hydrogen) atoms. The first-order chi connectivity index (χ1) is 5.27. The van der Waals surface area contributed by atoms with E-state index in [1.54, 1.807) is 6.20 Å². The molecule has 2 rings (SSSR count). The molecule has 0 aliphatic rings. The fourth-order valence-electron chi connectivity index (χ4n) is 1.02. The Kier molecular flexibility index (Phi) is 1.35. The summed E-state index contributed by atoms with van der Waals surface area (Å²) in [6.45, 7) is 2.00. The molecule has 2 aromatic heterocycles. The number of H-pyrrole nitrogens is 1. The highest BCUT2D eigenvalue weighted by Gasteiger charge is 2.01. The minimum atomic E-state index is 0.613. The monoisotopic (exact) mass is 165 g/mol. The smallest absolute Gasteiger partial charge is 0.164 e. The molecule has 56 valence electrons. The molecular formula is C7H7N3S. The maximum absolute atomic E-state index is 4.16. The lowest BCUT2D eigenvalue weighted by Crippen LogP contribution is -1.78. The predicted octanol–water partition coefficient (Wildman–Crippen LogP) is 1.56. The molecule has 2 heterocycles. The van der Waals surface area contributed by atoms with Gasteiger partial charge in [-0.1, -0.05) is 0 Å². The summed E-state index contributed by atoms with van der Waals surface area (Å²) in [6.07, 6.45) is 1.75. The summed E-state index contributed by atoms with van der Waals surface area (Å²) in [5, 5.41) is 0.613. The van der Waals surface area contributed by atoms with Gasteiger partial charge in [0.05, 0.1) is 0 Å². The lowest BCUT2D eigenvalue weighted by Gasteiger charge is -1.89. The molecule has 0 aliphatic heterocycles. The first-order valence-corrected chi connectivity index (χ1v) is 3.72. The number of hydrogen-bond donors (Lipinski definition) is 2. The fourth-order valence-corrected chi connectivity index (χ4v) is 1.23. The topological polar surface area (TPSA) is 41.6 Å². The number of rotatable bonds is 0. The second kappa shape index (κ2) is 2.23. The van der Waals surface area contributed by atoms with Gasteiger partial charge in [0.25, 0.3) is 0 Å². The van der Waals surface area contributed by atoms with E-state index in [2.05, 4.69) is 27.6 Å². The third-order valence-corrected chi connectivity index (χ3v) is 1.79. The minimum Gasteiger partial charge on any atom is -0.318 e. The van der Waals surface area contributed by atoms with Gasteiger partial charge in [0.1, 0.15) is 5.52 Å². The zero-order valence-corrected chi connectivity index (χ0v) is 6.89. The highest BCUT2D eigenvalue weighted by molar-refractivity contribution is 7.80. The molecular weight excluding hydrogens is 158 g/mol. The molecule has 0 saturated carbocycles. The van der Waals surface area contributed by atoms with E-state index in [-0.39, 0.29) is 0 Å². The van der Waals surface area contributed by atoms with Crippen molar-refractivity contribution in [3.05, 3.63) is 17.8 Å². The molecule has 0 aromatic carbocycles. The summed E-state index contributed by atoms with van der Waals surface area (Å²) in [4.78, 5) is 11.2. The second-order valence-corrected chi connectivity index (χ2v) is 2.81. The number of fused-ring (bicyclic) bond motifs is 1. The van der Waals surface area contributed by atoms with Crippen molar-refractivity contribution in [2.45, 2.75) is 12.1 Å². The molecule has 0 bridgehead atoms. The molecule has 0 amide bonds. The van der Waals surface area contributed by atoms with Crippen LogP contribution in [0.1, 0.15) is 5.56 Å². The Labute approximate surface area is 69.3 Å². The van der Waals surface area contributed by atoms with Gasteiger partial charge in [-0.05, 0) is 18.6 Å². The van der Waals surface area contributed by atoms with Crippen LogP contribution in [-0.2, 0) is 0 Å². The maximum Gasteiger partial charge on any atom is 0.164 e. The normalized spacial score (nSPS) is 10.7. The van der Waals surface area contributed by atoms with Gasteiger partial charge >= 0.3 is 0 Å². The van der Waals surface area contributed by atoms with Crippen LogP contribution in [0.5, 0.6) is 0 Å². The van der Waals surface area contributed by atoms with Crippen LogP contribution in [0.15, 0.2) is 17.4 Å². The third-order valence-electron chi connectivity index (χ3n) is 1.57. The molecule has 0 saturated heterocycles. The predicted molar refractivity (Wildman–Crippen MR) is 45.9 cm³/mol. The van der Waals surface area contributed by atoms with Crippen LogP contribution in [0.25, 0.3) is 11.2 Å². The van der Waals surface area contributed by atoms with Crippen molar-refractivity contribution < 1.29 is 0 Å². The number of nitrogens with one attached hydrogen (secondary N) is 1. The molecule has 0 spiro atoms. The second-order valence-electron chi connectivity index (χ2n) is 2.39. The van der Waals surface area contributed by atoms with E-state index in [1.165, 1.54) is 0 Å². The molecule has 3 nitrogen and oxygen atoms in total. The van der Waals surface area contributed by atoms with E-state index in [1.807, 2.05) is 13.0 Å². The quantitative estimate of drug-likeness (QED) is 0.581. The van der Waals surface area contributed by atoms with E-state index in [9.17, 15) is 0 Å². The Morgan fingerprint density at radius 2 is 2.36 bits per heavy atom. The number of aryl methyl sites for hydroxylation is 1. The Hall–Kier alpha value is -1.03. The first-order valence-electron chi connectivity index (χ1n) is 3.27. The lowest BCUT2D eigenvalue weighted by molar-refractivity contribution is 1.08. The number of imidazole rings is 1. The zero-order valence-electron chi connectivity index (χ0n) is 6.00. The maximum atomic E-state index is 4.16. The summed E-state index contributed by atoms with van der Waals surface area (Å²) < 4.78 is 0. The highest BCUT2D eigenvalue weighted by Crippen LogP contribution is 2.13. The molecule has 0 aliphatic carbocycles. The summed E-state index contributed by atoms with van der Waals surface area (Å²) in [5.41, 5.74) is 2.82. The zero-order chi connectivity index (χ0) is 7.84. The van der Waals surface area contributed by atoms with Gasteiger partial charge in [0.2, 0.25) is 0 Å². The van der Waals surface area contributed by atoms with Gasteiger partial charge in [-0.15, -0.1) is 12.6 Å². The number of hydrogen-bond acceptors (Lipinski definition) is 3. The van der Waals surface area contributed by atoms with Gasteiger partial charge in [-0.2, -0.15) is 0 Å². The van der Waals surface area contributed by atoms with Gasteiger partial charge in [0, 0.05) is 6.20 Å². The van der Waals surface area contributed by atoms with Crippen molar-refractivity contribution in [3.63, 3.8) is 0 Å². The lowest BCUT2D eigenvalue weighted by atomic mass is 10.3. The van der Waals surface area contributed by atoms with Crippen LogP contribution >= 0.6 is 12.6 Å². The molecule has 1 N–H and O–H groups in total. The fraction of sp³-hybridized carbons (Fsp3) is 0.143. The molecule has 0 radical (unpaired) electrons. The van der Waals surface area contributed by atoms with Crippen molar-refractivity contribution in [1.82, 2.24) is 15.0 Å². The van der Waals surface area contributed by atoms with Gasteiger partial charge in [-0.3, -0.25) is 0 Å². The van der Waals surface area contributed by atoms with Gasteiger partial charge in [0.15, 0.2) is 10.8 Å².